The van der Waals surface area contributed by atoms with E-state index in [4.69, 9.17) is 4.74 Å². The molecule has 2 rings (SSSR count). The molecule has 2 heterocycles. The Kier molecular flexibility index (Phi) is 3.00. The molecule has 0 N–H and O–H groups in total. The Morgan fingerprint density at radius 1 is 1.56 bits per heavy atom. The molecule has 0 aliphatic heterocycles. The molecule has 0 atom stereocenters. The molecule has 0 spiro atoms. The van der Waals surface area contributed by atoms with Gasteiger partial charge in [0.15, 0.2) is 5.13 Å². The molecule has 0 aromatic carbocycles. The van der Waals surface area contributed by atoms with E-state index in [-0.39, 0.29) is 5.97 Å². The molecule has 6 heteroatoms. The lowest BCUT2D eigenvalue weighted by molar-refractivity contribution is 0.0532. The van der Waals surface area contributed by atoms with Gasteiger partial charge in [0, 0.05) is 11.9 Å². The summed E-state index contributed by atoms with van der Waals surface area (Å²) >= 11 is 1.29. The van der Waals surface area contributed by atoms with Gasteiger partial charge in [-0.1, -0.05) is 11.3 Å². The number of rotatable bonds is 3. The van der Waals surface area contributed by atoms with Gasteiger partial charge in [-0.2, -0.15) is 0 Å². The first-order chi connectivity index (χ1) is 7.72. The molecule has 0 fully saturated rings. The third-order valence-electron chi connectivity index (χ3n) is 2.00. The maximum absolute atomic E-state index is 11.4. The third kappa shape index (κ3) is 1.96. The van der Waals surface area contributed by atoms with Crippen LogP contribution in [0.15, 0.2) is 18.7 Å². The Labute approximate surface area is 96.7 Å². The number of hydrogen-bond donors (Lipinski definition) is 0. The molecule has 0 saturated carbocycles. The Hall–Kier alpha value is -1.69. The number of ether oxygens (including phenoxy) is 1. The second-order valence-corrected chi connectivity index (χ2v) is 4.14. The second kappa shape index (κ2) is 4.44. The van der Waals surface area contributed by atoms with Crippen molar-refractivity contribution in [2.24, 2.45) is 0 Å². The van der Waals surface area contributed by atoms with Gasteiger partial charge in [-0.25, -0.2) is 14.8 Å². The Morgan fingerprint density at radius 2 is 2.38 bits per heavy atom. The minimum absolute atomic E-state index is 0.330. The van der Waals surface area contributed by atoms with E-state index in [1.807, 2.05) is 11.5 Å². The van der Waals surface area contributed by atoms with Crippen molar-refractivity contribution in [3.8, 4) is 5.13 Å². The fourth-order valence-corrected chi connectivity index (χ4v) is 2.07. The number of hydrogen-bond acceptors (Lipinski definition) is 5. The zero-order valence-electron chi connectivity index (χ0n) is 9.01. The van der Waals surface area contributed by atoms with Crippen LogP contribution in [-0.2, 0) is 4.74 Å². The molecule has 0 unspecified atom stereocenters. The van der Waals surface area contributed by atoms with Crippen molar-refractivity contribution in [2.45, 2.75) is 13.8 Å². The van der Waals surface area contributed by atoms with Crippen LogP contribution in [0.3, 0.4) is 0 Å². The van der Waals surface area contributed by atoms with E-state index in [1.165, 1.54) is 17.5 Å². The molecular formula is C10H11N3O2S. The van der Waals surface area contributed by atoms with Gasteiger partial charge in [0.1, 0.15) is 11.2 Å². The Morgan fingerprint density at radius 3 is 3.00 bits per heavy atom. The zero-order valence-corrected chi connectivity index (χ0v) is 9.82. The smallest absolute Gasteiger partial charge is 0.350 e. The van der Waals surface area contributed by atoms with Crippen LogP contribution in [0.25, 0.3) is 5.13 Å². The molecule has 0 bridgehead atoms. The fourth-order valence-electron chi connectivity index (χ4n) is 1.23. The van der Waals surface area contributed by atoms with Crippen LogP contribution < -0.4 is 0 Å². The highest BCUT2D eigenvalue weighted by atomic mass is 32.1. The van der Waals surface area contributed by atoms with Crippen molar-refractivity contribution in [1.82, 2.24) is 14.5 Å². The summed E-state index contributed by atoms with van der Waals surface area (Å²) in [7, 11) is 0. The first-order valence-electron chi connectivity index (χ1n) is 4.84. The lowest BCUT2D eigenvalue weighted by Gasteiger charge is -1.98. The Balaban J connectivity index is 2.26. The van der Waals surface area contributed by atoms with Crippen molar-refractivity contribution in [2.75, 3.05) is 6.61 Å². The summed E-state index contributed by atoms with van der Waals surface area (Å²) in [6.07, 6.45) is 4.94. The highest BCUT2D eigenvalue weighted by Gasteiger charge is 2.12. The molecule has 0 aliphatic rings. The molecule has 2 aromatic heterocycles. The van der Waals surface area contributed by atoms with Crippen molar-refractivity contribution >= 4 is 17.3 Å². The first kappa shape index (κ1) is 10.8. The van der Waals surface area contributed by atoms with Gasteiger partial charge in [-0.3, -0.25) is 4.57 Å². The number of carbonyl (C=O) groups is 1. The normalized spacial score (nSPS) is 10.4. The van der Waals surface area contributed by atoms with Crippen LogP contribution in [0, 0.1) is 6.92 Å². The topological polar surface area (TPSA) is 57.0 Å². The summed E-state index contributed by atoms with van der Waals surface area (Å²) in [5.41, 5.74) is 0.977. The van der Waals surface area contributed by atoms with Crippen molar-refractivity contribution < 1.29 is 9.53 Å². The van der Waals surface area contributed by atoms with E-state index < -0.39 is 0 Å². The van der Waals surface area contributed by atoms with Gasteiger partial charge in [0.05, 0.1) is 12.8 Å². The van der Waals surface area contributed by atoms with Gasteiger partial charge in [-0.05, 0) is 13.8 Å². The average Bonchev–Trinajstić information content (AvgIpc) is 2.86. The standard InChI is InChI=1S/C10H11N3O2S/c1-3-15-9(14)8-5-12-10(16-8)13-6-11-4-7(13)2/h4-6H,3H2,1-2H3. The maximum atomic E-state index is 11.4. The predicted molar refractivity (Wildman–Crippen MR) is 59.9 cm³/mol. The number of aromatic nitrogens is 3. The quantitative estimate of drug-likeness (QED) is 0.764. The molecule has 2 aromatic rings. The van der Waals surface area contributed by atoms with Crippen LogP contribution in [-0.4, -0.2) is 27.1 Å². The SMILES string of the molecule is CCOC(=O)c1cnc(-n2cncc2C)s1. The van der Waals surface area contributed by atoms with Crippen LogP contribution in [0.4, 0.5) is 0 Å². The summed E-state index contributed by atoms with van der Waals surface area (Å²) in [4.78, 5) is 20.1. The highest BCUT2D eigenvalue weighted by molar-refractivity contribution is 7.15. The fraction of sp³-hybridized carbons (Fsp3) is 0.300. The number of aryl methyl sites for hydroxylation is 1. The minimum atomic E-state index is -0.330. The summed E-state index contributed by atoms with van der Waals surface area (Å²) in [6, 6.07) is 0. The van der Waals surface area contributed by atoms with Crippen molar-refractivity contribution in [3.05, 3.63) is 29.3 Å². The van der Waals surface area contributed by atoms with Crippen LogP contribution in [0.1, 0.15) is 22.3 Å². The molecule has 0 saturated heterocycles. The average molecular weight is 237 g/mol. The zero-order chi connectivity index (χ0) is 11.5. The van der Waals surface area contributed by atoms with Crippen LogP contribution in [0.5, 0.6) is 0 Å². The lowest BCUT2D eigenvalue weighted by Crippen LogP contribution is -2.01. The van der Waals surface area contributed by atoms with Gasteiger partial charge in [0.2, 0.25) is 0 Å². The monoisotopic (exact) mass is 237 g/mol. The van der Waals surface area contributed by atoms with E-state index in [2.05, 4.69) is 9.97 Å². The molecule has 0 radical (unpaired) electrons. The summed E-state index contributed by atoms with van der Waals surface area (Å²) in [5, 5.41) is 0.720. The number of thiazole rings is 1. The molecule has 0 amide bonds. The Bertz CT molecular complexity index is 504. The van der Waals surface area contributed by atoms with Crippen molar-refractivity contribution in [3.63, 3.8) is 0 Å². The van der Waals surface area contributed by atoms with E-state index in [0.717, 1.165) is 10.8 Å². The van der Waals surface area contributed by atoms with Gasteiger partial charge in [-0.15, -0.1) is 0 Å². The van der Waals surface area contributed by atoms with Gasteiger partial charge in [0.25, 0.3) is 0 Å². The molecular weight excluding hydrogens is 226 g/mol. The number of imidazole rings is 1. The number of esters is 1. The van der Waals surface area contributed by atoms with E-state index in [0.29, 0.717) is 11.5 Å². The first-order valence-corrected chi connectivity index (χ1v) is 5.66. The number of carbonyl (C=O) groups excluding carboxylic acids is 1. The summed E-state index contributed by atoms with van der Waals surface area (Å²) < 4.78 is 6.72. The molecule has 16 heavy (non-hydrogen) atoms. The van der Waals surface area contributed by atoms with Crippen LogP contribution in [0.2, 0.25) is 0 Å². The van der Waals surface area contributed by atoms with Crippen molar-refractivity contribution in [1.29, 1.82) is 0 Å². The summed E-state index contributed by atoms with van der Waals surface area (Å²) in [5.74, 6) is -0.330. The lowest BCUT2D eigenvalue weighted by atomic mass is 10.5. The summed E-state index contributed by atoms with van der Waals surface area (Å²) in [6.45, 7) is 4.08. The minimum Gasteiger partial charge on any atom is -0.462 e. The largest absolute Gasteiger partial charge is 0.462 e. The van der Waals surface area contributed by atoms with Gasteiger partial charge >= 0.3 is 5.97 Å². The molecule has 0 aliphatic carbocycles. The van der Waals surface area contributed by atoms with Crippen LogP contribution >= 0.6 is 11.3 Å². The molecule has 84 valence electrons. The van der Waals surface area contributed by atoms with E-state index in [9.17, 15) is 4.79 Å². The predicted octanol–water partition coefficient (Wildman–Crippen LogP) is 1.81. The van der Waals surface area contributed by atoms with E-state index >= 15 is 0 Å². The third-order valence-corrected chi connectivity index (χ3v) is 2.98. The maximum Gasteiger partial charge on any atom is 0.350 e. The van der Waals surface area contributed by atoms with Gasteiger partial charge < -0.3 is 4.74 Å². The molecule has 5 nitrogen and oxygen atoms in total. The highest BCUT2D eigenvalue weighted by Crippen LogP contribution is 2.19. The number of nitrogens with zero attached hydrogens (tertiary/aromatic N) is 3. The second-order valence-electron chi connectivity index (χ2n) is 3.13. The van der Waals surface area contributed by atoms with E-state index in [1.54, 1.807) is 19.4 Å².